The lowest BCUT2D eigenvalue weighted by Crippen LogP contribution is -2.30. The number of aliphatic hydroxyl groups is 1. The van der Waals surface area contributed by atoms with Crippen LogP contribution in [0.5, 0.6) is 11.5 Å². The van der Waals surface area contributed by atoms with E-state index in [1.807, 2.05) is 36.4 Å². The lowest BCUT2D eigenvalue weighted by molar-refractivity contribution is -0.117. The summed E-state index contributed by atoms with van der Waals surface area (Å²) in [5.41, 5.74) is 2.50. The van der Waals surface area contributed by atoms with Crippen molar-refractivity contribution < 1.29 is 24.5 Å². The van der Waals surface area contributed by atoms with Crippen LogP contribution in [0.2, 0.25) is 0 Å². The zero-order chi connectivity index (χ0) is 27.3. The van der Waals surface area contributed by atoms with Crippen molar-refractivity contribution in [3.63, 3.8) is 0 Å². The molecule has 6 rings (SSSR count). The number of thiazole rings is 2. The van der Waals surface area contributed by atoms with E-state index < -0.39 is 23.5 Å². The summed E-state index contributed by atoms with van der Waals surface area (Å²) >= 11 is 2.46. The number of hydrogen-bond donors (Lipinski definition) is 2. The number of carbonyl (C=O) groups excluding carboxylic acids is 2. The maximum atomic E-state index is 14.0. The SMILES string of the molecule is COc1ccc2nc(N3C(=O)C(O)=C(C(=O)c4sc(-c5ccccc5)nc4C)C3c3ccc(O)cc3)sc2c1. The Morgan fingerprint density at radius 2 is 1.72 bits per heavy atom. The van der Waals surface area contributed by atoms with Gasteiger partial charge in [0.15, 0.2) is 10.9 Å². The standard InChI is InChI=1S/C29H21N3O5S2/c1-15-26(39-27(30-15)17-6-4-3-5-7-17)24(34)22-23(16-8-10-18(33)11-9-16)32(28(36)25(22)35)29-31-20-13-12-19(37-2)14-21(20)38-29/h3-14,23,33,35H,1-2H3. The smallest absolute Gasteiger partial charge is 0.296 e. The average Bonchev–Trinajstić information content (AvgIpc) is 3.62. The molecule has 3 heterocycles. The van der Waals surface area contributed by atoms with Gasteiger partial charge in [0.25, 0.3) is 5.91 Å². The molecule has 0 saturated heterocycles. The van der Waals surface area contributed by atoms with Crippen molar-refractivity contribution in [3.05, 3.63) is 100 Å². The number of aliphatic hydroxyl groups excluding tert-OH is 1. The molecule has 0 bridgehead atoms. The second kappa shape index (κ2) is 9.64. The number of Topliss-reactive ketones (excluding diaryl/α,β-unsaturated/α-hetero) is 1. The Morgan fingerprint density at radius 3 is 2.44 bits per heavy atom. The van der Waals surface area contributed by atoms with Gasteiger partial charge in [-0.15, -0.1) is 11.3 Å². The highest BCUT2D eigenvalue weighted by Gasteiger charge is 2.46. The first-order valence-corrected chi connectivity index (χ1v) is 13.6. The number of nitrogens with zero attached hydrogens (tertiary/aromatic N) is 3. The van der Waals surface area contributed by atoms with Gasteiger partial charge in [0.05, 0.1) is 39.5 Å². The molecule has 0 radical (unpaired) electrons. The summed E-state index contributed by atoms with van der Waals surface area (Å²) in [5.74, 6) is -1.17. The first-order valence-electron chi connectivity index (χ1n) is 11.9. The van der Waals surface area contributed by atoms with Crippen molar-refractivity contribution in [1.82, 2.24) is 9.97 Å². The highest BCUT2D eigenvalue weighted by atomic mass is 32.1. The number of aryl methyl sites for hydroxylation is 1. The Kier molecular flexibility index (Phi) is 6.13. The van der Waals surface area contributed by atoms with Gasteiger partial charge in [-0.3, -0.25) is 14.5 Å². The fourth-order valence-electron chi connectivity index (χ4n) is 4.56. The molecular weight excluding hydrogens is 534 g/mol. The van der Waals surface area contributed by atoms with Gasteiger partial charge >= 0.3 is 0 Å². The molecule has 194 valence electrons. The molecule has 3 aromatic carbocycles. The van der Waals surface area contributed by atoms with Gasteiger partial charge in [0, 0.05) is 5.56 Å². The van der Waals surface area contributed by atoms with Crippen LogP contribution in [-0.4, -0.2) is 39.0 Å². The quantitative estimate of drug-likeness (QED) is 0.239. The number of phenolic OH excluding ortho intramolecular Hbond substituents is 1. The first-order chi connectivity index (χ1) is 18.9. The minimum absolute atomic E-state index is 0.0357. The van der Waals surface area contributed by atoms with E-state index in [1.54, 1.807) is 38.3 Å². The van der Waals surface area contributed by atoms with Crippen LogP contribution < -0.4 is 9.64 Å². The topological polar surface area (TPSA) is 113 Å². The molecule has 0 spiro atoms. The Morgan fingerprint density at radius 1 is 0.974 bits per heavy atom. The van der Waals surface area contributed by atoms with E-state index in [9.17, 15) is 19.8 Å². The molecule has 1 aliphatic heterocycles. The number of rotatable bonds is 6. The van der Waals surface area contributed by atoms with Crippen molar-refractivity contribution in [2.24, 2.45) is 0 Å². The summed E-state index contributed by atoms with van der Waals surface area (Å²) in [6.07, 6.45) is 0. The zero-order valence-corrected chi connectivity index (χ0v) is 22.4. The molecule has 1 aliphatic rings. The molecule has 1 amide bonds. The van der Waals surface area contributed by atoms with Crippen LogP contribution in [0.4, 0.5) is 5.13 Å². The van der Waals surface area contributed by atoms with Crippen molar-refractivity contribution in [1.29, 1.82) is 0 Å². The van der Waals surface area contributed by atoms with Gasteiger partial charge in [-0.1, -0.05) is 53.8 Å². The summed E-state index contributed by atoms with van der Waals surface area (Å²) in [6, 6.07) is 20.1. The highest BCUT2D eigenvalue weighted by Crippen LogP contribution is 2.45. The van der Waals surface area contributed by atoms with Crippen LogP contribution in [-0.2, 0) is 4.79 Å². The summed E-state index contributed by atoms with van der Waals surface area (Å²) in [4.78, 5) is 38.5. The van der Waals surface area contributed by atoms with Crippen LogP contribution in [0.3, 0.4) is 0 Å². The third kappa shape index (κ3) is 4.23. The summed E-state index contributed by atoms with van der Waals surface area (Å²) in [7, 11) is 1.57. The molecule has 10 heteroatoms. The van der Waals surface area contributed by atoms with Gasteiger partial charge in [-0.05, 0) is 42.8 Å². The second-order valence-corrected chi connectivity index (χ2v) is 10.9. The third-order valence-corrected chi connectivity index (χ3v) is 8.70. The first kappa shape index (κ1) is 24.8. The van der Waals surface area contributed by atoms with Crippen molar-refractivity contribution in [3.8, 4) is 22.1 Å². The van der Waals surface area contributed by atoms with E-state index in [-0.39, 0.29) is 11.3 Å². The third-order valence-electron chi connectivity index (χ3n) is 6.48. The van der Waals surface area contributed by atoms with Crippen molar-refractivity contribution in [2.75, 3.05) is 12.0 Å². The van der Waals surface area contributed by atoms with E-state index in [4.69, 9.17) is 4.74 Å². The largest absolute Gasteiger partial charge is 0.508 e. The molecule has 0 aliphatic carbocycles. The highest BCUT2D eigenvalue weighted by molar-refractivity contribution is 7.22. The lowest BCUT2D eigenvalue weighted by Gasteiger charge is -2.24. The van der Waals surface area contributed by atoms with Crippen molar-refractivity contribution >= 4 is 49.7 Å². The van der Waals surface area contributed by atoms with Crippen molar-refractivity contribution in [2.45, 2.75) is 13.0 Å². The van der Waals surface area contributed by atoms with Gasteiger partial charge in [0.2, 0.25) is 5.78 Å². The number of fused-ring (bicyclic) bond motifs is 1. The van der Waals surface area contributed by atoms with Gasteiger partial charge in [-0.25, -0.2) is 9.97 Å². The minimum atomic E-state index is -0.963. The molecule has 1 unspecified atom stereocenters. The fourth-order valence-corrected chi connectivity index (χ4v) is 6.61. The number of ketones is 1. The van der Waals surface area contributed by atoms with Crippen LogP contribution in [0.25, 0.3) is 20.8 Å². The molecular formula is C29H21N3O5S2. The predicted octanol–water partition coefficient (Wildman–Crippen LogP) is 6.23. The van der Waals surface area contributed by atoms with E-state index in [0.29, 0.717) is 37.5 Å². The lowest BCUT2D eigenvalue weighted by atomic mass is 9.95. The second-order valence-electron chi connectivity index (χ2n) is 8.89. The van der Waals surface area contributed by atoms with Crippen LogP contribution in [0, 0.1) is 6.92 Å². The molecule has 2 N–H and O–H groups in total. The number of ether oxygens (including phenoxy) is 1. The summed E-state index contributed by atoms with van der Waals surface area (Å²) < 4.78 is 6.10. The number of aromatic hydroxyl groups is 1. The van der Waals surface area contributed by atoms with E-state index in [2.05, 4.69) is 9.97 Å². The summed E-state index contributed by atoms with van der Waals surface area (Å²) in [6.45, 7) is 1.73. The van der Waals surface area contributed by atoms with E-state index in [1.165, 1.54) is 39.7 Å². The number of amides is 1. The Labute approximate surface area is 231 Å². The van der Waals surface area contributed by atoms with Crippen LogP contribution in [0.15, 0.2) is 84.1 Å². The normalized spacial score (nSPS) is 15.4. The monoisotopic (exact) mass is 555 g/mol. The predicted molar refractivity (Wildman–Crippen MR) is 151 cm³/mol. The van der Waals surface area contributed by atoms with Gasteiger partial charge in [0.1, 0.15) is 16.5 Å². The van der Waals surface area contributed by atoms with Gasteiger partial charge in [-0.2, -0.15) is 0 Å². The molecule has 5 aromatic rings. The number of carbonyl (C=O) groups is 2. The molecule has 1 atom stereocenters. The number of aromatic nitrogens is 2. The molecule has 2 aromatic heterocycles. The molecule has 0 saturated carbocycles. The Balaban J connectivity index is 1.47. The number of phenols is 1. The van der Waals surface area contributed by atoms with Crippen LogP contribution >= 0.6 is 22.7 Å². The zero-order valence-electron chi connectivity index (χ0n) is 20.8. The number of hydrogen-bond acceptors (Lipinski definition) is 9. The molecule has 0 fully saturated rings. The number of benzene rings is 3. The van der Waals surface area contributed by atoms with Gasteiger partial charge < -0.3 is 14.9 Å². The Hall–Kier alpha value is -4.54. The fraction of sp³-hybridized carbons (Fsp3) is 0.103. The minimum Gasteiger partial charge on any atom is -0.508 e. The molecule has 39 heavy (non-hydrogen) atoms. The number of anilines is 1. The van der Waals surface area contributed by atoms with Crippen LogP contribution in [0.1, 0.15) is 27.0 Å². The van der Waals surface area contributed by atoms with E-state index >= 15 is 0 Å². The average molecular weight is 556 g/mol. The maximum absolute atomic E-state index is 14.0. The number of methoxy groups -OCH3 is 1. The molecule has 8 nitrogen and oxygen atoms in total. The van der Waals surface area contributed by atoms with E-state index in [0.717, 1.165) is 10.3 Å². The maximum Gasteiger partial charge on any atom is 0.296 e. The summed E-state index contributed by atoms with van der Waals surface area (Å²) in [5, 5.41) is 22.0. The Bertz CT molecular complexity index is 1770.